The number of hydrogen-bond acceptors (Lipinski definition) is 3. The van der Waals surface area contributed by atoms with Gasteiger partial charge in [-0.05, 0) is 6.92 Å². The summed E-state index contributed by atoms with van der Waals surface area (Å²) in [7, 11) is 3.02. The zero-order valence-electron chi connectivity index (χ0n) is 8.22. The Kier molecular flexibility index (Phi) is 5.88. The SMILES string of the molecule is CNC(=O)CCNC(=O)C(C)OC. The Hall–Kier alpha value is -1.10. The molecule has 0 saturated heterocycles. The first-order chi connectivity index (χ1) is 6.11. The maximum atomic E-state index is 11.1. The summed E-state index contributed by atoms with van der Waals surface area (Å²) in [5.41, 5.74) is 0. The normalized spacial score (nSPS) is 11.9. The van der Waals surface area contributed by atoms with Gasteiger partial charge in [-0.15, -0.1) is 0 Å². The minimum absolute atomic E-state index is 0.0923. The third-order valence-electron chi connectivity index (χ3n) is 1.65. The summed E-state index contributed by atoms with van der Waals surface area (Å²) in [4.78, 5) is 21.8. The minimum Gasteiger partial charge on any atom is -0.372 e. The molecule has 76 valence electrons. The topological polar surface area (TPSA) is 67.4 Å². The monoisotopic (exact) mass is 188 g/mol. The molecule has 1 unspecified atom stereocenters. The molecule has 0 fully saturated rings. The predicted octanol–water partition coefficient (Wildman–Crippen LogP) is -0.726. The highest BCUT2D eigenvalue weighted by atomic mass is 16.5. The van der Waals surface area contributed by atoms with Crippen molar-refractivity contribution in [1.29, 1.82) is 0 Å². The van der Waals surface area contributed by atoms with Crippen molar-refractivity contribution in [2.75, 3.05) is 20.7 Å². The lowest BCUT2D eigenvalue weighted by molar-refractivity contribution is -0.130. The van der Waals surface area contributed by atoms with Crippen LogP contribution in [0.1, 0.15) is 13.3 Å². The predicted molar refractivity (Wildman–Crippen MR) is 48.2 cm³/mol. The standard InChI is InChI=1S/C8H16N2O3/c1-6(13-3)8(12)10-5-4-7(11)9-2/h6H,4-5H2,1-3H3,(H,9,11)(H,10,12). The third-order valence-corrected chi connectivity index (χ3v) is 1.65. The fourth-order valence-corrected chi connectivity index (χ4v) is 0.675. The van der Waals surface area contributed by atoms with Gasteiger partial charge in [-0.2, -0.15) is 0 Å². The molecule has 2 amide bonds. The molecule has 0 aromatic carbocycles. The lowest BCUT2D eigenvalue weighted by Crippen LogP contribution is -2.36. The molecule has 5 heteroatoms. The lowest BCUT2D eigenvalue weighted by Gasteiger charge is -2.09. The van der Waals surface area contributed by atoms with E-state index in [0.29, 0.717) is 13.0 Å². The molecular formula is C8H16N2O3. The Bertz CT molecular complexity index is 182. The van der Waals surface area contributed by atoms with Crippen LogP contribution in [-0.2, 0) is 14.3 Å². The molecule has 0 heterocycles. The molecule has 0 saturated carbocycles. The molecule has 1 atom stereocenters. The van der Waals surface area contributed by atoms with Crippen LogP contribution in [0.15, 0.2) is 0 Å². The van der Waals surface area contributed by atoms with Gasteiger partial charge in [0, 0.05) is 27.1 Å². The van der Waals surface area contributed by atoms with Crippen molar-refractivity contribution < 1.29 is 14.3 Å². The van der Waals surface area contributed by atoms with E-state index in [1.54, 1.807) is 14.0 Å². The van der Waals surface area contributed by atoms with Crippen molar-refractivity contribution in [2.24, 2.45) is 0 Å². The van der Waals surface area contributed by atoms with Gasteiger partial charge in [0.2, 0.25) is 11.8 Å². The quantitative estimate of drug-likeness (QED) is 0.598. The molecule has 0 aromatic rings. The van der Waals surface area contributed by atoms with Crippen molar-refractivity contribution >= 4 is 11.8 Å². The van der Waals surface area contributed by atoms with Gasteiger partial charge in [0.05, 0.1) is 0 Å². The molecule has 0 rings (SSSR count). The molecule has 0 radical (unpaired) electrons. The molecule has 0 aliphatic carbocycles. The maximum Gasteiger partial charge on any atom is 0.248 e. The molecule has 2 N–H and O–H groups in total. The molecule has 0 spiro atoms. The highest BCUT2D eigenvalue weighted by Gasteiger charge is 2.10. The van der Waals surface area contributed by atoms with Crippen molar-refractivity contribution in [1.82, 2.24) is 10.6 Å². The van der Waals surface area contributed by atoms with Gasteiger partial charge >= 0.3 is 0 Å². The van der Waals surface area contributed by atoms with E-state index in [4.69, 9.17) is 4.74 Å². The molecule has 5 nitrogen and oxygen atoms in total. The Labute approximate surface area is 77.8 Å². The van der Waals surface area contributed by atoms with Gasteiger partial charge in [-0.3, -0.25) is 9.59 Å². The molecular weight excluding hydrogens is 172 g/mol. The summed E-state index contributed by atoms with van der Waals surface area (Å²) in [6.45, 7) is 1.99. The third kappa shape index (κ3) is 5.19. The van der Waals surface area contributed by atoms with E-state index in [1.165, 1.54) is 7.11 Å². The summed E-state index contributed by atoms with van der Waals surface area (Å²) < 4.78 is 4.78. The van der Waals surface area contributed by atoms with Gasteiger partial charge in [-0.1, -0.05) is 0 Å². The van der Waals surface area contributed by atoms with E-state index in [1.807, 2.05) is 0 Å². The summed E-state index contributed by atoms with van der Waals surface area (Å²) in [6.07, 6.45) is -0.178. The van der Waals surface area contributed by atoms with Crippen LogP contribution >= 0.6 is 0 Å². The van der Waals surface area contributed by atoms with Crippen molar-refractivity contribution in [3.05, 3.63) is 0 Å². The largest absolute Gasteiger partial charge is 0.372 e. The lowest BCUT2D eigenvalue weighted by atomic mass is 10.3. The summed E-state index contributed by atoms with van der Waals surface area (Å²) in [5, 5.41) is 5.03. The number of methoxy groups -OCH3 is 1. The highest BCUT2D eigenvalue weighted by Crippen LogP contribution is 1.86. The summed E-state index contributed by atoms with van der Waals surface area (Å²) in [5.74, 6) is -0.295. The Morgan fingerprint density at radius 3 is 2.54 bits per heavy atom. The molecule has 0 aliphatic heterocycles. The average molecular weight is 188 g/mol. The van der Waals surface area contributed by atoms with Crippen LogP contribution in [0.5, 0.6) is 0 Å². The zero-order chi connectivity index (χ0) is 10.3. The van der Waals surface area contributed by atoms with E-state index >= 15 is 0 Å². The van der Waals surface area contributed by atoms with Gasteiger partial charge in [0.1, 0.15) is 6.10 Å². The Morgan fingerprint density at radius 2 is 2.08 bits per heavy atom. The molecule has 0 bridgehead atoms. The van der Waals surface area contributed by atoms with Gasteiger partial charge in [-0.25, -0.2) is 0 Å². The molecule has 13 heavy (non-hydrogen) atoms. The number of nitrogens with one attached hydrogen (secondary N) is 2. The van der Waals surface area contributed by atoms with E-state index < -0.39 is 6.10 Å². The van der Waals surface area contributed by atoms with Gasteiger partial charge < -0.3 is 15.4 Å². The van der Waals surface area contributed by atoms with Crippen LogP contribution < -0.4 is 10.6 Å². The average Bonchev–Trinajstić information content (AvgIpc) is 2.15. The van der Waals surface area contributed by atoms with Crippen LogP contribution in [0.2, 0.25) is 0 Å². The number of carbonyl (C=O) groups is 2. The summed E-state index contributed by atoms with van der Waals surface area (Å²) in [6, 6.07) is 0. The Morgan fingerprint density at radius 1 is 1.46 bits per heavy atom. The summed E-state index contributed by atoms with van der Waals surface area (Å²) >= 11 is 0. The van der Waals surface area contributed by atoms with Crippen LogP contribution in [0.4, 0.5) is 0 Å². The number of ether oxygens (including phenoxy) is 1. The Balaban J connectivity index is 3.53. The fourth-order valence-electron chi connectivity index (χ4n) is 0.675. The first kappa shape index (κ1) is 11.9. The smallest absolute Gasteiger partial charge is 0.248 e. The number of amides is 2. The van der Waals surface area contributed by atoms with Crippen LogP contribution in [-0.4, -0.2) is 38.6 Å². The number of carbonyl (C=O) groups excluding carboxylic acids is 2. The van der Waals surface area contributed by atoms with E-state index in [0.717, 1.165) is 0 Å². The van der Waals surface area contributed by atoms with Crippen LogP contribution in [0.25, 0.3) is 0 Å². The maximum absolute atomic E-state index is 11.1. The van der Waals surface area contributed by atoms with E-state index in [9.17, 15) is 9.59 Å². The second kappa shape index (κ2) is 6.42. The zero-order valence-corrected chi connectivity index (χ0v) is 8.22. The van der Waals surface area contributed by atoms with Gasteiger partial charge in [0.25, 0.3) is 0 Å². The molecule has 0 aliphatic rings. The van der Waals surface area contributed by atoms with Crippen molar-refractivity contribution in [2.45, 2.75) is 19.4 Å². The second-order valence-electron chi connectivity index (χ2n) is 2.59. The second-order valence-corrected chi connectivity index (χ2v) is 2.59. The highest BCUT2D eigenvalue weighted by molar-refractivity contribution is 5.81. The van der Waals surface area contributed by atoms with E-state index in [2.05, 4.69) is 10.6 Å². The first-order valence-corrected chi connectivity index (χ1v) is 4.13. The fraction of sp³-hybridized carbons (Fsp3) is 0.750. The number of hydrogen-bond donors (Lipinski definition) is 2. The van der Waals surface area contributed by atoms with Crippen LogP contribution in [0.3, 0.4) is 0 Å². The molecule has 0 aromatic heterocycles. The number of rotatable bonds is 5. The first-order valence-electron chi connectivity index (χ1n) is 4.13. The van der Waals surface area contributed by atoms with E-state index in [-0.39, 0.29) is 11.8 Å². The van der Waals surface area contributed by atoms with Crippen molar-refractivity contribution in [3.63, 3.8) is 0 Å². The van der Waals surface area contributed by atoms with Crippen LogP contribution in [0, 0.1) is 0 Å². The van der Waals surface area contributed by atoms with Gasteiger partial charge in [0.15, 0.2) is 0 Å². The minimum atomic E-state index is -0.468. The van der Waals surface area contributed by atoms with Crippen molar-refractivity contribution in [3.8, 4) is 0 Å².